The Labute approximate surface area is 134 Å². The van der Waals surface area contributed by atoms with Gasteiger partial charge in [0.25, 0.3) is 0 Å². The number of esters is 1. The molecule has 1 unspecified atom stereocenters. The first-order valence-electron chi connectivity index (χ1n) is 7.51. The predicted octanol–water partition coefficient (Wildman–Crippen LogP) is 3.34. The topological polar surface area (TPSA) is 63.7 Å². The zero-order valence-corrected chi connectivity index (χ0v) is 12.5. The summed E-state index contributed by atoms with van der Waals surface area (Å²) < 4.78 is 11.1. The summed E-state index contributed by atoms with van der Waals surface area (Å²) >= 11 is 0. The van der Waals surface area contributed by atoms with Gasteiger partial charge >= 0.3 is 12.0 Å². The van der Waals surface area contributed by atoms with Crippen LogP contribution in [0.25, 0.3) is 4.98 Å². The van der Waals surface area contributed by atoms with Crippen LogP contribution in [0.2, 0.25) is 0 Å². The van der Waals surface area contributed by atoms with Crippen molar-refractivity contribution in [2.75, 3.05) is 6.61 Å². The summed E-state index contributed by atoms with van der Waals surface area (Å²) in [5.74, 6) is -0.867. The predicted molar refractivity (Wildman–Crippen MR) is 83.7 cm³/mol. The van der Waals surface area contributed by atoms with Crippen LogP contribution in [0.3, 0.4) is 0 Å². The van der Waals surface area contributed by atoms with Gasteiger partial charge in [0.1, 0.15) is 17.0 Å². The maximum Gasteiger partial charge on any atom is 0.417 e. The molecule has 2 aromatic carbocycles. The molecule has 116 valence electrons. The molecule has 2 aromatic rings. The molecule has 0 N–H and O–H groups in total. The molecule has 0 saturated carbocycles. The lowest BCUT2D eigenvalue weighted by atomic mass is 9.93. The SMILES string of the molecule is N#[N+]C1C(=O)O[C@H](c2ccccc2)[C@H]1COCc1ccccc1. The van der Waals surface area contributed by atoms with Gasteiger partial charge in [0.05, 0.1) is 13.2 Å². The Kier molecular flexibility index (Phi) is 4.65. The van der Waals surface area contributed by atoms with Crippen molar-refractivity contribution in [1.29, 1.82) is 5.39 Å². The normalized spacial score (nSPS) is 23.3. The molecular weight excluding hydrogens is 292 g/mol. The van der Waals surface area contributed by atoms with Gasteiger partial charge in [-0.1, -0.05) is 60.7 Å². The van der Waals surface area contributed by atoms with E-state index in [1.54, 1.807) is 0 Å². The Bertz CT molecular complexity index is 697. The fourth-order valence-corrected chi connectivity index (χ4v) is 2.78. The maximum atomic E-state index is 11.9. The molecule has 5 heteroatoms. The monoisotopic (exact) mass is 309 g/mol. The van der Waals surface area contributed by atoms with Crippen molar-refractivity contribution in [1.82, 2.24) is 0 Å². The van der Waals surface area contributed by atoms with Crippen LogP contribution < -0.4 is 0 Å². The second-order valence-electron chi connectivity index (χ2n) is 5.49. The molecule has 1 heterocycles. The standard InChI is InChI=1S/C18H17N2O3/c19-20-16-15(12-22-11-13-7-3-1-4-8-13)17(23-18(16)21)14-9-5-2-6-10-14/h1-10,15-17H,11-12H2/q+1/t15-,16?,17+/m0/s1. The third-order valence-electron chi connectivity index (χ3n) is 3.95. The quantitative estimate of drug-likeness (QED) is 0.627. The molecule has 1 saturated heterocycles. The van der Waals surface area contributed by atoms with E-state index in [-0.39, 0.29) is 12.5 Å². The Morgan fingerprint density at radius 2 is 1.70 bits per heavy atom. The highest BCUT2D eigenvalue weighted by atomic mass is 16.6. The van der Waals surface area contributed by atoms with Crippen LogP contribution in [-0.2, 0) is 20.9 Å². The highest BCUT2D eigenvalue weighted by Crippen LogP contribution is 2.37. The van der Waals surface area contributed by atoms with Gasteiger partial charge in [-0.25, -0.2) is 4.79 Å². The highest BCUT2D eigenvalue weighted by molar-refractivity contribution is 5.80. The van der Waals surface area contributed by atoms with E-state index < -0.39 is 18.1 Å². The molecule has 5 nitrogen and oxygen atoms in total. The molecule has 3 rings (SSSR count). The van der Waals surface area contributed by atoms with E-state index >= 15 is 0 Å². The van der Waals surface area contributed by atoms with Crippen molar-refractivity contribution in [2.45, 2.75) is 18.8 Å². The number of carbonyl (C=O) groups is 1. The molecule has 23 heavy (non-hydrogen) atoms. The van der Waals surface area contributed by atoms with E-state index in [2.05, 4.69) is 4.98 Å². The third kappa shape index (κ3) is 3.38. The van der Waals surface area contributed by atoms with E-state index in [0.29, 0.717) is 6.61 Å². The minimum atomic E-state index is -0.907. The van der Waals surface area contributed by atoms with E-state index in [1.807, 2.05) is 60.7 Å². The lowest BCUT2D eigenvalue weighted by molar-refractivity contribution is -0.142. The van der Waals surface area contributed by atoms with Crippen molar-refractivity contribution < 1.29 is 14.3 Å². The second-order valence-corrected chi connectivity index (χ2v) is 5.49. The van der Waals surface area contributed by atoms with Crippen LogP contribution in [0.5, 0.6) is 0 Å². The average Bonchev–Trinajstić information content (AvgIpc) is 2.92. The Balaban J connectivity index is 1.70. The van der Waals surface area contributed by atoms with E-state index in [4.69, 9.17) is 14.9 Å². The van der Waals surface area contributed by atoms with Gasteiger partial charge in [0, 0.05) is 0 Å². The first kappa shape index (κ1) is 15.2. The van der Waals surface area contributed by atoms with E-state index in [9.17, 15) is 4.79 Å². The zero-order valence-electron chi connectivity index (χ0n) is 12.5. The van der Waals surface area contributed by atoms with Gasteiger partial charge in [-0.05, 0) is 11.1 Å². The van der Waals surface area contributed by atoms with Crippen molar-refractivity contribution in [3.63, 3.8) is 0 Å². The second kappa shape index (κ2) is 7.03. The van der Waals surface area contributed by atoms with Gasteiger partial charge in [-0.15, -0.1) is 0 Å². The van der Waals surface area contributed by atoms with Gasteiger partial charge < -0.3 is 9.47 Å². The number of cyclic esters (lactones) is 1. The smallest absolute Gasteiger partial charge is 0.417 e. The minimum Gasteiger partial charge on any atom is -0.451 e. The van der Waals surface area contributed by atoms with Crippen molar-refractivity contribution in [2.24, 2.45) is 5.92 Å². The van der Waals surface area contributed by atoms with E-state index in [0.717, 1.165) is 11.1 Å². The van der Waals surface area contributed by atoms with Crippen LogP contribution in [-0.4, -0.2) is 18.6 Å². The van der Waals surface area contributed by atoms with Crippen molar-refractivity contribution in [3.05, 3.63) is 76.8 Å². The summed E-state index contributed by atoms with van der Waals surface area (Å²) in [5, 5.41) is 9.16. The fourth-order valence-electron chi connectivity index (χ4n) is 2.78. The summed E-state index contributed by atoms with van der Waals surface area (Å²) in [6.07, 6.45) is -0.458. The maximum absolute atomic E-state index is 11.9. The Morgan fingerprint density at radius 1 is 1.04 bits per heavy atom. The summed E-state index contributed by atoms with van der Waals surface area (Å²) in [6, 6.07) is 18.3. The minimum absolute atomic E-state index is 0.273. The molecule has 0 aromatic heterocycles. The Hall–Kier alpha value is -2.71. The largest absolute Gasteiger partial charge is 0.451 e. The summed E-state index contributed by atoms with van der Waals surface area (Å²) in [6.45, 7) is 0.708. The first-order chi connectivity index (χ1) is 11.3. The molecule has 1 aliphatic heterocycles. The first-order valence-corrected chi connectivity index (χ1v) is 7.51. The molecule has 3 atom stereocenters. The number of nitrogens with zero attached hydrogens (tertiary/aromatic N) is 2. The van der Waals surface area contributed by atoms with Gasteiger partial charge in [-0.3, -0.25) is 0 Å². The number of diazo groups is 1. The molecule has 0 aliphatic carbocycles. The summed E-state index contributed by atoms with van der Waals surface area (Å²) in [7, 11) is 0. The van der Waals surface area contributed by atoms with Gasteiger partial charge in [0.15, 0.2) is 0 Å². The molecule has 0 bridgehead atoms. The van der Waals surface area contributed by atoms with Crippen LogP contribution in [0.4, 0.5) is 0 Å². The van der Waals surface area contributed by atoms with Crippen LogP contribution >= 0.6 is 0 Å². The molecular formula is C18H17N2O3+. The Morgan fingerprint density at radius 3 is 2.35 bits per heavy atom. The van der Waals surface area contributed by atoms with Gasteiger partial charge in [-0.2, -0.15) is 0 Å². The lowest BCUT2D eigenvalue weighted by Gasteiger charge is -2.16. The summed E-state index contributed by atoms with van der Waals surface area (Å²) in [5.41, 5.74) is 1.92. The average molecular weight is 309 g/mol. The third-order valence-corrected chi connectivity index (χ3v) is 3.95. The number of carbonyl (C=O) groups excluding carboxylic acids is 1. The fraction of sp³-hybridized carbons (Fsp3) is 0.278. The molecule has 1 aliphatic rings. The zero-order chi connectivity index (χ0) is 16.1. The molecule has 0 radical (unpaired) electrons. The molecule has 0 spiro atoms. The van der Waals surface area contributed by atoms with Crippen molar-refractivity contribution in [3.8, 4) is 0 Å². The number of rotatable bonds is 5. The molecule has 1 fully saturated rings. The van der Waals surface area contributed by atoms with E-state index in [1.165, 1.54) is 0 Å². The van der Waals surface area contributed by atoms with Crippen LogP contribution in [0, 0.1) is 11.3 Å². The van der Waals surface area contributed by atoms with Gasteiger partial charge in [0.2, 0.25) is 5.39 Å². The number of benzene rings is 2. The number of hydrogen-bond donors (Lipinski definition) is 0. The highest BCUT2D eigenvalue weighted by Gasteiger charge is 2.54. The number of hydrogen-bond acceptors (Lipinski definition) is 4. The lowest BCUT2D eigenvalue weighted by Crippen LogP contribution is -2.24. The van der Waals surface area contributed by atoms with Crippen molar-refractivity contribution >= 4 is 5.97 Å². The van der Waals surface area contributed by atoms with Crippen LogP contribution in [0.15, 0.2) is 60.7 Å². The number of ether oxygens (including phenoxy) is 2. The van der Waals surface area contributed by atoms with Crippen LogP contribution in [0.1, 0.15) is 17.2 Å². The summed E-state index contributed by atoms with van der Waals surface area (Å²) in [4.78, 5) is 15.1. The molecule has 0 amide bonds.